The van der Waals surface area contributed by atoms with Crippen molar-refractivity contribution in [1.29, 1.82) is 0 Å². The Morgan fingerprint density at radius 3 is 1.31 bits per heavy atom. The van der Waals surface area contributed by atoms with Gasteiger partial charge in [0, 0.05) is 6.42 Å². The molecule has 0 aliphatic carbocycles. The molecule has 334 valence electrons. The summed E-state index contributed by atoms with van der Waals surface area (Å²) in [6.07, 6.45) is 56.9. The summed E-state index contributed by atoms with van der Waals surface area (Å²) < 4.78 is 5.85. The van der Waals surface area contributed by atoms with Gasteiger partial charge in [-0.2, -0.15) is 0 Å². The Morgan fingerprint density at radius 2 is 0.897 bits per heavy atom. The Kier molecular flexibility index (Phi) is 43.3. The summed E-state index contributed by atoms with van der Waals surface area (Å²) in [6, 6.07) is -0.715. The molecule has 3 N–H and O–H groups in total. The second kappa shape index (κ2) is 45.4. The lowest BCUT2D eigenvalue weighted by atomic mass is 10.0. The highest BCUT2D eigenvalue weighted by Gasteiger charge is 2.24. The van der Waals surface area contributed by atoms with Gasteiger partial charge in [-0.1, -0.05) is 216 Å². The van der Waals surface area contributed by atoms with E-state index in [2.05, 4.69) is 92.9 Å². The van der Waals surface area contributed by atoms with E-state index in [1.165, 1.54) is 89.9 Å². The summed E-state index contributed by atoms with van der Waals surface area (Å²) in [6.45, 7) is 6.31. The number of carbonyl (C=O) groups excluding carboxylic acids is 2. The van der Waals surface area contributed by atoms with E-state index in [1.807, 2.05) is 6.08 Å². The van der Waals surface area contributed by atoms with E-state index >= 15 is 0 Å². The van der Waals surface area contributed by atoms with Crippen LogP contribution in [-0.4, -0.2) is 46.9 Å². The highest BCUT2D eigenvalue weighted by Crippen LogP contribution is 2.17. The second-order valence-corrected chi connectivity index (χ2v) is 16.1. The Labute approximate surface area is 358 Å². The van der Waals surface area contributed by atoms with Crippen LogP contribution in [0.1, 0.15) is 220 Å². The lowest BCUT2D eigenvalue weighted by molar-refractivity contribution is -0.150. The van der Waals surface area contributed by atoms with Gasteiger partial charge in [0.2, 0.25) is 5.91 Å². The molecule has 6 heteroatoms. The van der Waals surface area contributed by atoms with Crippen LogP contribution in [0.15, 0.2) is 72.9 Å². The number of esters is 1. The van der Waals surface area contributed by atoms with Crippen LogP contribution in [0.25, 0.3) is 0 Å². The molecular formula is C52H91NO5. The topological polar surface area (TPSA) is 95.9 Å². The number of carbonyl (C=O) groups is 2. The van der Waals surface area contributed by atoms with Gasteiger partial charge in [0.1, 0.15) is 6.10 Å². The maximum atomic E-state index is 13.1. The zero-order valence-corrected chi connectivity index (χ0v) is 37.9. The summed E-state index contributed by atoms with van der Waals surface area (Å²) in [5, 5.41) is 23.6. The van der Waals surface area contributed by atoms with Crippen LogP contribution in [0.5, 0.6) is 0 Å². The van der Waals surface area contributed by atoms with Crippen molar-refractivity contribution >= 4 is 11.9 Å². The quantitative estimate of drug-likeness (QED) is 0.0324. The number of nitrogens with one attached hydrogen (secondary N) is 1. The van der Waals surface area contributed by atoms with Gasteiger partial charge in [0.05, 0.1) is 25.2 Å². The molecule has 0 saturated carbocycles. The Hall–Kier alpha value is -2.70. The van der Waals surface area contributed by atoms with Gasteiger partial charge in [0.25, 0.3) is 0 Å². The van der Waals surface area contributed by atoms with Crippen LogP contribution >= 0.6 is 0 Å². The van der Waals surface area contributed by atoms with Crippen LogP contribution < -0.4 is 5.32 Å². The average Bonchev–Trinajstić information content (AvgIpc) is 3.22. The van der Waals surface area contributed by atoms with E-state index in [0.717, 1.165) is 77.0 Å². The Bertz CT molecular complexity index is 1090. The molecular weight excluding hydrogens is 719 g/mol. The van der Waals surface area contributed by atoms with E-state index in [4.69, 9.17) is 4.74 Å². The zero-order chi connectivity index (χ0) is 42.4. The van der Waals surface area contributed by atoms with E-state index < -0.39 is 18.2 Å². The molecule has 6 nitrogen and oxygen atoms in total. The highest BCUT2D eigenvalue weighted by atomic mass is 16.5. The van der Waals surface area contributed by atoms with Gasteiger partial charge in [-0.3, -0.25) is 9.59 Å². The van der Waals surface area contributed by atoms with Crippen LogP contribution in [0.4, 0.5) is 0 Å². The van der Waals surface area contributed by atoms with E-state index in [0.29, 0.717) is 19.3 Å². The molecule has 0 heterocycles. The van der Waals surface area contributed by atoms with E-state index in [1.54, 1.807) is 0 Å². The van der Waals surface area contributed by atoms with Gasteiger partial charge >= 0.3 is 5.97 Å². The largest absolute Gasteiger partial charge is 0.462 e. The second-order valence-electron chi connectivity index (χ2n) is 16.1. The lowest BCUT2D eigenvalue weighted by Gasteiger charge is -2.24. The van der Waals surface area contributed by atoms with Gasteiger partial charge < -0.3 is 20.3 Å². The number of aliphatic hydroxyl groups excluding tert-OH is 2. The molecule has 0 bridgehead atoms. The van der Waals surface area contributed by atoms with Crippen molar-refractivity contribution in [1.82, 2.24) is 5.32 Å². The fraction of sp³-hybridized carbons (Fsp3) is 0.731. The highest BCUT2D eigenvalue weighted by molar-refractivity contribution is 5.77. The lowest BCUT2D eigenvalue weighted by Crippen LogP contribution is -2.46. The predicted molar refractivity (Wildman–Crippen MR) is 250 cm³/mol. The number of allylic oxidation sites excluding steroid dienone is 12. The maximum Gasteiger partial charge on any atom is 0.306 e. The first-order chi connectivity index (χ1) is 28.5. The van der Waals surface area contributed by atoms with Crippen LogP contribution in [-0.2, 0) is 14.3 Å². The zero-order valence-electron chi connectivity index (χ0n) is 37.9. The number of unbranched alkanes of at least 4 members (excludes halogenated alkanes) is 18. The number of hydrogen-bond acceptors (Lipinski definition) is 5. The van der Waals surface area contributed by atoms with Gasteiger partial charge in [-0.15, -0.1) is 0 Å². The molecule has 0 radical (unpaired) electrons. The molecule has 0 fully saturated rings. The molecule has 0 saturated heterocycles. The minimum atomic E-state index is -0.799. The molecule has 0 spiro atoms. The minimum absolute atomic E-state index is 0.0456. The molecule has 0 aromatic carbocycles. The number of rotatable bonds is 42. The third-order valence-corrected chi connectivity index (χ3v) is 10.6. The summed E-state index contributed by atoms with van der Waals surface area (Å²) in [5.41, 5.74) is 0. The number of aliphatic hydroxyl groups is 2. The van der Waals surface area contributed by atoms with Gasteiger partial charge in [-0.25, -0.2) is 0 Å². The first-order valence-corrected chi connectivity index (χ1v) is 24.2. The summed E-state index contributed by atoms with van der Waals surface area (Å²) in [4.78, 5) is 25.9. The number of ether oxygens (including phenoxy) is 1. The van der Waals surface area contributed by atoms with Crippen LogP contribution in [0.3, 0.4) is 0 Å². The standard InChI is InChI=1S/C52H91NO5/c1-4-7-10-13-16-19-21-23-24-25-26-27-28-29-31-33-36-39-42-45-52(57)58-48(43-40-37-34-18-15-12-9-6-3)46-51(56)53-49(47-54)50(55)44-41-38-35-32-30-22-20-17-14-11-8-5-2/h7,10,16,19,23-24,26-27,29,31,36,39,48-50,54-55H,4-6,8-9,11-15,17-18,20-22,25,28,30,32-35,37-38,40-47H2,1-3H3,(H,53,56)/b10-7-,19-16-,24-23-,27-26-,31-29-,39-36-. The summed E-state index contributed by atoms with van der Waals surface area (Å²) in [7, 11) is 0. The first kappa shape index (κ1) is 55.3. The molecule has 0 aliphatic heterocycles. The first-order valence-electron chi connectivity index (χ1n) is 24.2. The van der Waals surface area contributed by atoms with Crippen molar-refractivity contribution < 1.29 is 24.5 Å². The molecule has 0 aliphatic rings. The third-order valence-electron chi connectivity index (χ3n) is 10.6. The predicted octanol–water partition coefficient (Wildman–Crippen LogP) is 14.2. The van der Waals surface area contributed by atoms with Crippen molar-refractivity contribution in [2.75, 3.05) is 6.61 Å². The molecule has 0 rings (SSSR count). The van der Waals surface area contributed by atoms with E-state index in [-0.39, 0.29) is 31.3 Å². The van der Waals surface area contributed by atoms with Crippen LogP contribution in [0.2, 0.25) is 0 Å². The molecule has 3 unspecified atom stereocenters. The van der Waals surface area contributed by atoms with E-state index in [9.17, 15) is 19.8 Å². The minimum Gasteiger partial charge on any atom is -0.462 e. The summed E-state index contributed by atoms with van der Waals surface area (Å²) >= 11 is 0. The van der Waals surface area contributed by atoms with Crippen molar-refractivity contribution in [2.24, 2.45) is 0 Å². The van der Waals surface area contributed by atoms with Crippen molar-refractivity contribution in [2.45, 2.75) is 238 Å². The molecule has 58 heavy (non-hydrogen) atoms. The van der Waals surface area contributed by atoms with Crippen LogP contribution in [0, 0.1) is 0 Å². The molecule has 3 atom stereocenters. The Morgan fingerprint density at radius 1 is 0.517 bits per heavy atom. The maximum absolute atomic E-state index is 13.1. The Balaban J connectivity index is 4.57. The third kappa shape index (κ3) is 40.1. The molecule has 0 aromatic heterocycles. The van der Waals surface area contributed by atoms with Crippen molar-refractivity contribution in [3.8, 4) is 0 Å². The van der Waals surface area contributed by atoms with Crippen molar-refractivity contribution in [3.63, 3.8) is 0 Å². The number of hydrogen-bond donors (Lipinski definition) is 3. The summed E-state index contributed by atoms with van der Waals surface area (Å²) in [5.74, 6) is -0.579. The number of amides is 1. The molecule has 1 amide bonds. The smallest absolute Gasteiger partial charge is 0.306 e. The normalized spacial score (nSPS) is 13.9. The average molecular weight is 810 g/mol. The fourth-order valence-electron chi connectivity index (χ4n) is 6.93. The molecule has 0 aromatic rings. The van der Waals surface area contributed by atoms with Crippen molar-refractivity contribution in [3.05, 3.63) is 72.9 Å². The SMILES string of the molecule is CC/C=C\C/C=C\C/C=C\C/C=C\C/C=C\C/C=C\CCC(=O)OC(CCCCCCCCCC)CC(=O)NC(CO)C(O)CCCCCCCCCCCCCC. The fourth-order valence-corrected chi connectivity index (χ4v) is 6.93. The monoisotopic (exact) mass is 810 g/mol. The van der Waals surface area contributed by atoms with Gasteiger partial charge in [-0.05, 0) is 64.2 Å². The van der Waals surface area contributed by atoms with Gasteiger partial charge in [0.15, 0.2) is 0 Å².